The van der Waals surface area contributed by atoms with E-state index >= 15 is 0 Å². The summed E-state index contributed by atoms with van der Waals surface area (Å²) in [7, 11) is 0. The van der Waals surface area contributed by atoms with Gasteiger partial charge in [-0.1, -0.05) is 0 Å². The minimum atomic E-state index is -0.455. The van der Waals surface area contributed by atoms with Crippen LogP contribution >= 0.6 is 0 Å². The summed E-state index contributed by atoms with van der Waals surface area (Å²) in [6.07, 6.45) is 5.11. The van der Waals surface area contributed by atoms with E-state index in [0.717, 1.165) is 42.0 Å². The molecule has 8 nitrogen and oxygen atoms in total. The van der Waals surface area contributed by atoms with E-state index < -0.39 is 5.60 Å². The number of benzene rings is 1. The van der Waals surface area contributed by atoms with Crippen LogP contribution in [-0.4, -0.2) is 69.3 Å². The van der Waals surface area contributed by atoms with Gasteiger partial charge >= 0.3 is 0 Å². The number of aryl methyl sites for hydroxylation is 2. The minimum Gasteiger partial charge on any atom is -0.393 e. The number of aliphatic hydroxyl groups excluding tert-OH is 1. The highest BCUT2D eigenvalue weighted by molar-refractivity contribution is 5.82. The largest absolute Gasteiger partial charge is 0.393 e. The van der Waals surface area contributed by atoms with E-state index in [-0.39, 0.29) is 12.6 Å². The van der Waals surface area contributed by atoms with Crippen LogP contribution in [0.4, 0.5) is 5.82 Å². The summed E-state index contributed by atoms with van der Waals surface area (Å²) >= 11 is 0. The highest BCUT2D eigenvalue weighted by atomic mass is 16.5. The molecule has 32 heavy (non-hydrogen) atoms. The molecule has 2 atom stereocenters. The number of aromatic nitrogens is 4. The Kier molecular flexibility index (Phi) is 4.71. The van der Waals surface area contributed by atoms with E-state index in [0.29, 0.717) is 24.9 Å². The zero-order valence-electron chi connectivity index (χ0n) is 18.7. The molecule has 0 unspecified atom stereocenters. The predicted molar refractivity (Wildman–Crippen MR) is 122 cm³/mol. The molecule has 3 aliphatic heterocycles. The molecule has 0 radical (unpaired) electrons. The van der Waals surface area contributed by atoms with E-state index in [1.54, 1.807) is 0 Å². The van der Waals surface area contributed by atoms with Gasteiger partial charge in [0.05, 0.1) is 37.5 Å². The number of morpholine rings is 1. The lowest BCUT2D eigenvalue weighted by atomic mass is 9.87. The molecule has 3 saturated heterocycles. The normalized spacial score (nSPS) is 25.8. The summed E-state index contributed by atoms with van der Waals surface area (Å²) in [5, 5.41) is 19.1. The van der Waals surface area contributed by atoms with Gasteiger partial charge in [-0.3, -0.25) is 0 Å². The first-order valence-corrected chi connectivity index (χ1v) is 11.6. The average molecular weight is 435 g/mol. The number of nitrogens with one attached hydrogen (secondary N) is 1. The number of anilines is 1. The first kappa shape index (κ1) is 20.1. The Bertz CT molecular complexity index is 1170. The second-order valence-corrected chi connectivity index (χ2v) is 9.62. The van der Waals surface area contributed by atoms with E-state index in [1.807, 2.05) is 23.9 Å². The minimum absolute atomic E-state index is 0.0412. The van der Waals surface area contributed by atoms with Crippen molar-refractivity contribution in [2.45, 2.75) is 50.7 Å². The van der Waals surface area contributed by atoms with Crippen molar-refractivity contribution >= 4 is 16.7 Å². The third-order valence-electron chi connectivity index (χ3n) is 7.43. The Hall–Kier alpha value is -2.55. The molecule has 0 aliphatic carbocycles. The number of hydrogen-bond donors (Lipinski definition) is 2. The van der Waals surface area contributed by atoms with Crippen LogP contribution in [0.25, 0.3) is 16.7 Å². The molecule has 8 heteroatoms. The van der Waals surface area contributed by atoms with Gasteiger partial charge in [0.25, 0.3) is 0 Å². The van der Waals surface area contributed by atoms with Crippen LogP contribution in [0.2, 0.25) is 0 Å². The number of fused-ring (bicyclic) bond motifs is 3. The first-order valence-electron chi connectivity index (χ1n) is 11.6. The first-order chi connectivity index (χ1) is 15.5. The van der Waals surface area contributed by atoms with Gasteiger partial charge in [-0.2, -0.15) is 5.10 Å². The van der Waals surface area contributed by atoms with Crippen molar-refractivity contribution in [2.24, 2.45) is 0 Å². The summed E-state index contributed by atoms with van der Waals surface area (Å²) in [4.78, 5) is 11.7. The molecule has 2 N–H and O–H groups in total. The van der Waals surface area contributed by atoms with Crippen molar-refractivity contribution in [1.29, 1.82) is 0 Å². The Labute approximate surface area is 187 Å². The molecule has 3 aliphatic rings. The standard InChI is InChI=1S/C24H30N6O2/c1-15-7-18-11-26-30(21(18)8-20(15)17-3-5-25-6-4-17)23-9-22(27-16(2)28-23)29-13-24(14-31)10-19(29)12-32-24/h7-9,11,17,19,25,31H,3-6,10,12-14H2,1-2H3/t19-,24-/m0/s1. The van der Waals surface area contributed by atoms with Gasteiger partial charge in [0.15, 0.2) is 5.82 Å². The molecule has 2 bridgehead atoms. The molecule has 168 valence electrons. The van der Waals surface area contributed by atoms with Gasteiger partial charge < -0.3 is 20.1 Å². The van der Waals surface area contributed by atoms with Crippen molar-refractivity contribution in [3.63, 3.8) is 0 Å². The number of ether oxygens (including phenoxy) is 1. The third-order valence-corrected chi connectivity index (χ3v) is 7.43. The van der Waals surface area contributed by atoms with Crippen molar-refractivity contribution in [1.82, 2.24) is 25.1 Å². The van der Waals surface area contributed by atoms with Gasteiger partial charge in [0, 0.05) is 17.9 Å². The van der Waals surface area contributed by atoms with Gasteiger partial charge in [0.2, 0.25) is 0 Å². The molecule has 3 fully saturated rings. The molecule has 2 aromatic heterocycles. The predicted octanol–water partition coefficient (Wildman–Crippen LogP) is 2.24. The fraction of sp³-hybridized carbons (Fsp3) is 0.542. The molecule has 6 rings (SSSR count). The number of nitrogens with zero attached hydrogens (tertiary/aromatic N) is 5. The summed E-state index contributed by atoms with van der Waals surface area (Å²) in [6.45, 7) is 7.61. The summed E-state index contributed by atoms with van der Waals surface area (Å²) in [6, 6.07) is 6.84. The number of piperidine rings is 1. The van der Waals surface area contributed by atoms with Gasteiger partial charge in [-0.15, -0.1) is 0 Å². The van der Waals surface area contributed by atoms with Crippen LogP contribution in [0.1, 0.15) is 42.1 Å². The Morgan fingerprint density at radius 3 is 2.75 bits per heavy atom. The van der Waals surface area contributed by atoms with Gasteiger partial charge in [-0.25, -0.2) is 14.6 Å². The van der Waals surface area contributed by atoms with E-state index in [1.165, 1.54) is 24.0 Å². The Morgan fingerprint density at radius 1 is 1.16 bits per heavy atom. The van der Waals surface area contributed by atoms with Crippen molar-refractivity contribution < 1.29 is 9.84 Å². The molecular formula is C24H30N6O2. The smallest absolute Gasteiger partial charge is 0.159 e. The Morgan fingerprint density at radius 2 is 1.97 bits per heavy atom. The highest BCUT2D eigenvalue weighted by Gasteiger charge is 2.51. The van der Waals surface area contributed by atoms with E-state index in [4.69, 9.17) is 19.8 Å². The molecule has 0 spiro atoms. The average Bonchev–Trinajstić information content (AvgIpc) is 3.52. The van der Waals surface area contributed by atoms with Crippen molar-refractivity contribution in [2.75, 3.05) is 37.7 Å². The Balaban J connectivity index is 1.40. The van der Waals surface area contributed by atoms with Crippen LogP contribution in [0.15, 0.2) is 24.4 Å². The molecule has 0 amide bonds. The van der Waals surface area contributed by atoms with Crippen LogP contribution in [0, 0.1) is 13.8 Å². The van der Waals surface area contributed by atoms with Crippen LogP contribution in [-0.2, 0) is 4.74 Å². The van der Waals surface area contributed by atoms with Crippen LogP contribution in [0.3, 0.4) is 0 Å². The number of rotatable bonds is 4. The zero-order chi connectivity index (χ0) is 21.9. The second kappa shape index (κ2) is 7.50. The lowest BCUT2D eigenvalue weighted by Crippen LogP contribution is -2.45. The monoisotopic (exact) mass is 434 g/mol. The summed E-state index contributed by atoms with van der Waals surface area (Å²) in [5.41, 5.74) is 3.39. The number of aliphatic hydroxyl groups is 1. The number of hydrogen-bond acceptors (Lipinski definition) is 7. The summed E-state index contributed by atoms with van der Waals surface area (Å²) in [5.74, 6) is 2.96. The topological polar surface area (TPSA) is 88.3 Å². The van der Waals surface area contributed by atoms with Gasteiger partial charge in [-0.05, 0) is 69.0 Å². The molecular weight excluding hydrogens is 404 g/mol. The molecule has 3 aromatic rings. The van der Waals surface area contributed by atoms with Crippen molar-refractivity contribution in [3.8, 4) is 5.82 Å². The lowest BCUT2D eigenvalue weighted by molar-refractivity contribution is -0.0375. The lowest BCUT2D eigenvalue weighted by Gasteiger charge is -2.32. The second-order valence-electron chi connectivity index (χ2n) is 9.62. The maximum absolute atomic E-state index is 9.84. The maximum atomic E-state index is 9.84. The fourth-order valence-corrected chi connectivity index (χ4v) is 5.75. The quantitative estimate of drug-likeness (QED) is 0.651. The SMILES string of the molecule is Cc1nc(N2C[C@]3(CO)C[C@H]2CO3)cc(-n2ncc3cc(C)c(C4CCNCC4)cc32)n1. The van der Waals surface area contributed by atoms with Crippen molar-refractivity contribution in [3.05, 3.63) is 41.3 Å². The molecule has 5 heterocycles. The van der Waals surface area contributed by atoms with E-state index in [9.17, 15) is 5.11 Å². The molecule has 1 aromatic carbocycles. The highest BCUT2D eigenvalue weighted by Crippen LogP contribution is 2.40. The maximum Gasteiger partial charge on any atom is 0.159 e. The molecule has 0 saturated carbocycles. The third kappa shape index (κ3) is 3.20. The summed E-state index contributed by atoms with van der Waals surface area (Å²) < 4.78 is 7.80. The van der Waals surface area contributed by atoms with Gasteiger partial charge in [0.1, 0.15) is 17.2 Å². The van der Waals surface area contributed by atoms with Crippen LogP contribution in [0.5, 0.6) is 0 Å². The van der Waals surface area contributed by atoms with Crippen LogP contribution < -0.4 is 10.2 Å². The van der Waals surface area contributed by atoms with E-state index in [2.05, 4.69) is 29.3 Å². The fourth-order valence-electron chi connectivity index (χ4n) is 5.75. The zero-order valence-corrected chi connectivity index (χ0v) is 18.7.